The minimum atomic E-state index is 0.217. The Morgan fingerprint density at radius 2 is 1.81 bits per heavy atom. The first-order valence-corrected chi connectivity index (χ1v) is 14.4. The second-order valence-electron chi connectivity index (χ2n) is 12.2. The number of fused-ring (bicyclic) bond motifs is 3. The van der Waals surface area contributed by atoms with Crippen LogP contribution in [-0.4, -0.2) is 61.0 Å². The fourth-order valence-electron chi connectivity index (χ4n) is 7.14. The van der Waals surface area contributed by atoms with Gasteiger partial charge in [0, 0.05) is 55.4 Å². The van der Waals surface area contributed by atoms with Crippen molar-refractivity contribution < 1.29 is 4.79 Å². The Labute approximate surface area is 215 Å². The first-order valence-electron chi connectivity index (χ1n) is 14.4. The summed E-state index contributed by atoms with van der Waals surface area (Å²) in [7, 11) is 0. The van der Waals surface area contributed by atoms with E-state index < -0.39 is 0 Å². The van der Waals surface area contributed by atoms with Gasteiger partial charge in [0.1, 0.15) is 0 Å². The number of piperidine rings is 1. The Morgan fingerprint density at radius 1 is 1.00 bits per heavy atom. The maximum absolute atomic E-state index is 13.9. The van der Waals surface area contributed by atoms with Gasteiger partial charge < -0.3 is 15.5 Å². The fourth-order valence-corrected chi connectivity index (χ4v) is 7.14. The largest absolute Gasteiger partial charge is 0.382 e. The van der Waals surface area contributed by atoms with Crippen LogP contribution < -0.4 is 10.6 Å². The Kier molecular flexibility index (Phi) is 5.81. The van der Waals surface area contributed by atoms with Gasteiger partial charge in [-0.05, 0) is 98.7 Å². The molecule has 1 unspecified atom stereocenters. The van der Waals surface area contributed by atoms with E-state index in [1.807, 2.05) is 0 Å². The highest BCUT2D eigenvalue weighted by atomic mass is 16.2. The van der Waals surface area contributed by atoms with Crippen molar-refractivity contribution in [2.24, 2.45) is 11.8 Å². The number of anilines is 1. The van der Waals surface area contributed by atoms with Crippen molar-refractivity contribution in [2.75, 3.05) is 44.6 Å². The van der Waals surface area contributed by atoms with Crippen molar-refractivity contribution in [1.29, 1.82) is 0 Å². The number of carbonyl (C=O) groups is 1. The summed E-state index contributed by atoms with van der Waals surface area (Å²) >= 11 is 0. The normalized spacial score (nSPS) is 24.3. The molecule has 7 rings (SSSR count). The summed E-state index contributed by atoms with van der Waals surface area (Å²) in [6, 6.07) is 16.1. The summed E-state index contributed by atoms with van der Waals surface area (Å²) in [6.45, 7) is 7.33. The molecule has 1 atom stereocenters. The Bertz CT molecular complexity index is 1130. The third kappa shape index (κ3) is 4.45. The van der Waals surface area contributed by atoms with E-state index in [0.29, 0.717) is 12.0 Å². The van der Waals surface area contributed by atoms with Crippen LogP contribution in [0.4, 0.5) is 5.69 Å². The first kappa shape index (κ1) is 22.8. The van der Waals surface area contributed by atoms with Crippen molar-refractivity contribution in [3.8, 4) is 0 Å². The average molecular weight is 485 g/mol. The molecular formula is C31H40N4O. The molecule has 190 valence electrons. The van der Waals surface area contributed by atoms with Gasteiger partial charge in [-0.3, -0.25) is 9.69 Å². The molecule has 1 amide bonds. The molecule has 3 heterocycles. The van der Waals surface area contributed by atoms with Crippen LogP contribution in [0.1, 0.15) is 65.6 Å². The first-order chi connectivity index (χ1) is 17.7. The van der Waals surface area contributed by atoms with Crippen molar-refractivity contribution in [1.82, 2.24) is 15.1 Å². The molecule has 0 aromatic heterocycles. The summed E-state index contributed by atoms with van der Waals surface area (Å²) in [5.74, 6) is 1.65. The number of nitrogens with zero attached hydrogens (tertiary/aromatic N) is 2. The number of carbonyl (C=O) groups excluding carboxylic acids is 1. The van der Waals surface area contributed by atoms with Crippen LogP contribution >= 0.6 is 0 Å². The SMILES string of the molecule is O=C1c2cc(NC3CCNCC3)ccc2C2(CC2)CN1CC(CN1CCc2ccccc2C1)C1CC1. The van der Waals surface area contributed by atoms with E-state index in [1.54, 1.807) is 0 Å². The number of amides is 1. The van der Waals surface area contributed by atoms with Crippen LogP contribution in [0.5, 0.6) is 0 Å². The van der Waals surface area contributed by atoms with Crippen LogP contribution in [0, 0.1) is 11.8 Å². The predicted octanol–water partition coefficient (Wildman–Crippen LogP) is 4.42. The molecule has 2 aromatic carbocycles. The highest BCUT2D eigenvalue weighted by Crippen LogP contribution is 2.53. The highest BCUT2D eigenvalue weighted by Gasteiger charge is 2.52. The number of nitrogens with one attached hydrogen (secondary N) is 2. The summed E-state index contributed by atoms with van der Waals surface area (Å²) in [5.41, 5.74) is 6.64. The lowest BCUT2D eigenvalue weighted by Crippen LogP contribution is -2.48. The minimum absolute atomic E-state index is 0.217. The number of benzene rings is 2. The standard InChI is InChI=1S/C31H40N4O/c36-30-28-17-27(33-26-9-14-32-15-10-26)7-8-29(28)31(12-13-31)21-35(30)20-25(23-5-6-23)19-34-16-11-22-3-1-2-4-24(22)18-34/h1-4,7-8,17,23,25-26,32-33H,5-6,9-16,18-21H2. The second-order valence-corrected chi connectivity index (χ2v) is 12.2. The van der Waals surface area contributed by atoms with Crippen molar-refractivity contribution >= 4 is 11.6 Å². The van der Waals surface area contributed by atoms with Gasteiger partial charge in [0.05, 0.1) is 0 Å². The van der Waals surface area contributed by atoms with Crippen molar-refractivity contribution in [3.63, 3.8) is 0 Å². The van der Waals surface area contributed by atoms with Gasteiger partial charge in [-0.2, -0.15) is 0 Å². The number of hydrogen-bond acceptors (Lipinski definition) is 4. The molecule has 0 radical (unpaired) electrons. The van der Waals surface area contributed by atoms with Crippen molar-refractivity contribution in [2.45, 2.75) is 62.9 Å². The van der Waals surface area contributed by atoms with E-state index in [-0.39, 0.29) is 11.3 Å². The van der Waals surface area contributed by atoms with Crippen LogP contribution in [-0.2, 0) is 18.4 Å². The third-order valence-corrected chi connectivity index (χ3v) is 9.61. The summed E-state index contributed by atoms with van der Waals surface area (Å²) in [4.78, 5) is 18.8. The molecule has 1 saturated heterocycles. The lowest BCUT2D eigenvalue weighted by Gasteiger charge is -2.39. The molecule has 2 N–H and O–H groups in total. The van der Waals surface area contributed by atoms with Gasteiger partial charge in [-0.1, -0.05) is 30.3 Å². The van der Waals surface area contributed by atoms with Gasteiger partial charge in [0.15, 0.2) is 0 Å². The topological polar surface area (TPSA) is 47.6 Å². The monoisotopic (exact) mass is 484 g/mol. The van der Waals surface area contributed by atoms with Crippen LogP contribution in [0.2, 0.25) is 0 Å². The van der Waals surface area contributed by atoms with Crippen LogP contribution in [0.3, 0.4) is 0 Å². The molecule has 5 heteroatoms. The molecule has 1 spiro atoms. The van der Waals surface area contributed by atoms with Gasteiger partial charge in [-0.15, -0.1) is 0 Å². The summed E-state index contributed by atoms with van der Waals surface area (Å²) in [6.07, 6.45) is 8.56. The molecule has 3 aliphatic heterocycles. The van der Waals surface area contributed by atoms with Gasteiger partial charge >= 0.3 is 0 Å². The second kappa shape index (κ2) is 9.18. The van der Waals surface area contributed by atoms with E-state index in [1.165, 1.54) is 42.4 Å². The predicted molar refractivity (Wildman–Crippen MR) is 144 cm³/mol. The quantitative estimate of drug-likeness (QED) is 0.611. The molecule has 36 heavy (non-hydrogen) atoms. The smallest absolute Gasteiger partial charge is 0.254 e. The Morgan fingerprint density at radius 3 is 2.58 bits per heavy atom. The third-order valence-electron chi connectivity index (χ3n) is 9.61. The zero-order chi connectivity index (χ0) is 24.1. The van der Waals surface area contributed by atoms with Gasteiger partial charge in [0.25, 0.3) is 5.91 Å². The molecule has 5 aliphatic rings. The lowest BCUT2D eigenvalue weighted by molar-refractivity contribution is 0.0646. The molecule has 2 aromatic rings. The molecule has 3 fully saturated rings. The Hall–Kier alpha value is -2.37. The van der Waals surface area contributed by atoms with E-state index in [9.17, 15) is 4.79 Å². The van der Waals surface area contributed by atoms with E-state index in [2.05, 4.69) is 62.9 Å². The molecular weight excluding hydrogens is 444 g/mol. The fraction of sp³-hybridized carbons (Fsp3) is 0.581. The number of hydrogen-bond donors (Lipinski definition) is 2. The van der Waals surface area contributed by atoms with Crippen LogP contribution in [0.15, 0.2) is 42.5 Å². The van der Waals surface area contributed by atoms with Gasteiger partial charge in [-0.25, -0.2) is 0 Å². The van der Waals surface area contributed by atoms with E-state index >= 15 is 0 Å². The zero-order valence-electron chi connectivity index (χ0n) is 21.5. The summed E-state index contributed by atoms with van der Waals surface area (Å²) in [5, 5.41) is 7.17. The average Bonchev–Trinajstić information content (AvgIpc) is 3.84. The molecule has 2 saturated carbocycles. The van der Waals surface area contributed by atoms with E-state index in [4.69, 9.17) is 0 Å². The molecule has 5 nitrogen and oxygen atoms in total. The van der Waals surface area contributed by atoms with Crippen LogP contribution in [0.25, 0.3) is 0 Å². The molecule has 2 aliphatic carbocycles. The minimum Gasteiger partial charge on any atom is -0.382 e. The molecule has 0 bridgehead atoms. The summed E-state index contributed by atoms with van der Waals surface area (Å²) < 4.78 is 0. The zero-order valence-corrected chi connectivity index (χ0v) is 21.5. The highest BCUT2D eigenvalue weighted by molar-refractivity contribution is 5.98. The lowest BCUT2D eigenvalue weighted by atomic mass is 9.85. The van der Waals surface area contributed by atoms with E-state index in [0.717, 1.165) is 82.2 Å². The Balaban J connectivity index is 1.08. The maximum Gasteiger partial charge on any atom is 0.254 e. The maximum atomic E-state index is 13.9. The van der Waals surface area contributed by atoms with Gasteiger partial charge in [0.2, 0.25) is 0 Å². The van der Waals surface area contributed by atoms with Crippen molar-refractivity contribution in [3.05, 3.63) is 64.7 Å². The number of rotatable bonds is 7.